The number of halogens is 1. The van der Waals surface area contributed by atoms with Gasteiger partial charge >= 0.3 is 5.97 Å². The first-order valence-corrected chi connectivity index (χ1v) is 6.84. The second-order valence-electron chi connectivity index (χ2n) is 4.27. The van der Waals surface area contributed by atoms with E-state index in [1.165, 1.54) is 6.07 Å². The van der Waals surface area contributed by atoms with E-state index in [2.05, 4.69) is 25.9 Å². The van der Waals surface area contributed by atoms with Crippen molar-refractivity contribution in [2.24, 2.45) is 0 Å². The van der Waals surface area contributed by atoms with Crippen molar-refractivity contribution in [2.45, 2.75) is 0 Å². The minimum Gasteiger partial charge on any atom is -0.477 e. The minimum atomic E-state index is -1.10. The fourth-order valence-electron chi connectivity index (χ4n) is 1.91. The summed E-state index contributed by atoms with van der Waals surface area (Å²) in [7, 11) is 0. The summed E-state index contributed by atoms with van der Waals surface area (Å²) in [4.78, 5) is 19.3. The molecular weight excluding hydrogens is 336 g/mol. The lowest BCUT2D eigenvalue weighted by Crippen LogP contribution is -2.01. The molecule has 0 bridgehead atoms. The van der Waals surface area contributed by atoms with Crippen molar-refractivity contribution >= 4 is 32.8 Å². The molecule has 3 rings (SSSR count). The average molecular weight is 345 g/mol. The summed E-state index contributed by atoms with van der Waals surface area (Å²) in [6.07, 6.45) is 3.20. The maximum atomic E-state index is 11.2. The van der Waals surface area contributed by atoms with Gasteiger partial charge in [0.05, 0.1) is 11.7 Å². The second kappa shape index (κ2) is 5.49. The number of carboxylic acid groups (broad SMARTS) is 1. The van der Waals surface area contributed by atoms with Crippen LogP contribution in [0.5, 0.6) is 11.5 Å². The van der Waals surface area contributed by atoms with Crippen molar-refractivity contribution in [2.75, 3.05) is 0 Å². The lowest BCUT2D eigenvalue weighted by atomic mass is 10.2. The van der Waals surface area contributed by atoms with Crippen LogP contribution in [0.2, 0.25) is 0 Å². The third-order valence-electron chi connectivity index (χ3n) is 2.80. The monoisotopic (exact) mass is 344 g/mol. The van der Waals surface area contributed by atoms with Gasteiger partial charge in [-0.1, -0.05) is 12.1 Å². The Hall–Kier alpha value is -2.47. The van der Waals surface area contributed by atoms with Gasteiger partial charge in [-0.25, -0.2) is 9.78 Å². The molecular formula is C15H9BrN2O3. The molecule has 1 N–H and O–H groups in total. The first-order chi connectivity index (χ1) is 10.1. The Kier molecular flexibility index (Phi) is 3.53. The molecule has 21 heavy (non-hydrogen) atoms. The van der Waals surface area contributed by atoms with Crippen LogP contribution in [-0.2, 0) is 0 Å². The summed E-state index contributed by atoms with van der Waals surface area (Å²) in [6.45, 7) is 0. The van der Waals surface area contributed by atoms with Crippen LogP contribution < -0.4 is 4.74 Å². The van der Waals surface area contributed by atoms with E-state index in [0.717, 1.165) is 9.86 Å². The lowest BCUT2D eigenvalue weighted by Gasteiger charge is -2.09. The molecule has 1 aromatic carbocycles. The number of aromatic carboxylic acids is 1. The van der Waals surface area contributed by atoms with Crippen LogP contribution in [0.4, 0.5) is 0 Å². The second-order valence-corrected chi connectivity index (χ2v) is 5.18. The Balaban J connectivity index is 2.13. The molecule has 0 unspecified atom stereocenters. The number of carbonyl (C=O) groups is 1. The molecule has 5 nitrogen and oxygen atoms in total. The molecule has 0 aliphatic heterocycles. The summed E-state index contributed by atoms with van der Waals surface area (Å²) in [6, 6.07) is 10.4. The van der Waals surface area contributed by atoms with Gasteiger partial charge in [0.1, 0.15) is 11.5 Å². The van der Waals surface area contributed by atoms with Gasteiger partial charge in [-0.3, -0.25) is 4.98 Å². The molecule has 0 spiro atoms. The Labute approximate surface area is 128 Å². The highest BCUT2D eigenvalue weighted by atomic mass is 79.9. The van der Waals surface area contributed by atoms with E-state index in [1.54, 1.807) is 30.6 Å². The highest BCUT2D eigenvalue weighted by molar-refractivity contribution is 9.10. The maximum Gasteiger partial charge on any atom is 0.354 e. The quantitative estimate of drug-likeness (QED) is 0.780. The maximum absolute atomic E-state index is 11.2. The molecule has 0 radical (unpaired) electrons. The topological polar surface area (TPSA) is 72.3 Å². The van der Waals surface area contributed by atoms with E-state index < -0.39 is 5.97 Å². The van der Waals surface area contributed by atoms with Crippen LogP contribution in [0.1, 0.15) is 10.5 Å². The number of hydrogen-bond donors (Lipinski definition) is 1. The number of hydrogen-bond acceptors (Lipinski definition) is 4. The van der Waals surface area contributed by atoms with Gasteiger partial charge in [0, 0.05) is 22.1 Å². The van der Waals surface area contributed by atoms with Crippen LogP contribution >= 0.6 is 15.9 Å². The summed E-state index contributed by atoms with van der Waals surface area (Å²) >= 11 is 3.31. The molecule has 0 saturated carbocycles. The van der Waals surface area contributed by atoms with Crippen molar-refractivity contribution in [1.82, 2.24) is 9.97 Å². The predicted octanol–water partition coefficient (Wildman–Crippen LogP) is 3.88. The van der Waals surface area contributed by atoms with Crippen molar-refractivity contribution in [3.63, 3.8) is 0 Å². The Morgan fingerprint density at radius 2 is 2.00 bits per heavy atom. The summed E-state index contributed by atoms with van der Waals surface area (Å²) in [5.41, 5.74) is 0.502. The predicted molar refractivity (Wildman–Crippen MR) is 80.7 cm³/mol. The van der Waals surface area contributed by atoms with Crippen LogP contribution in [0.15, 0.2) is 53.3 Å². The molecule has 0 fully saturated rings. The number of aromatic nitrogens is 2. The number of benzene rings is 1. The van der Waals surface area contributed by atoms with Gasteiger partial charge < -0.3 is 9.84 Å². The van der Waals surface area contributed by atoms with E-state index in [4.69, 9.17) is 9.84 Å². The standard InChI is InChI=1S/C15H9BrN2O3/c16-9-5-10(8-17-7-9)21-14-6-13(15(19)20)18-12-4-2-1-3-11(12)14/h1-8H,(H,19,20). The molecule has 3 aromatic rings. The van der Waals surface area contributed by atoms with Crippen LogP contribution in [-0.4, -0.2) is 21.0 Å². The zero-order chi connectivity index (χ0) is 14.8. The van der Waals surface area contributed by atoms with Gasteiger partial charge in [0.25, 0.3) is 0 Å². The smallest absolute Gasteiger partial charge is 0.354 e. The Bertz CT molecular complexity index is 836. The molecule has 0 saturated heterocycles. The summed E-state index contributed by atoms with van der Waals surface area (Å²) in [5.74, 6) is -0.159. The lowest BCUT2D eigenvalue weighted by molar-refractivity contribution is 0.0690. The largest absolute Gasteiger partial charge is 0.477 e. The number of rotatable bonds is 3. The fourth-order valence-corrected chi connectivity index (χ4v) is 2.26. The number of ether oxygens (including phenoxy) is 1. The molecule has 0 aliphatic carbocycles. The summed E-state index contributed by atoms with van der Waals surface area (Å²) < 4.78 is 6.54. The highest BCUT2D eigenvalue weighted by Gasteiger charge is 2.12. The van der Waals surface area contributed by atoms with Gasteiger partial charge in [0.2, 0.25) is 0 Å². The van der Waals surface area contributed by atoms with Crippen molar-refractivity contribution in [1.29, 1.82) is 0 Å². The molecule has 2 aromatic heterocycles. The number of fused-ring (bicyclic) bond motifs is 1. The van der Waals surface area contributed by atoms with E-state index >= 15 is 0 Å². The number of carboxylic acids is 1. The number of pyridine rings is 2. The third kappa shape index (κ3) is 2.85. The highest BCUT2D eigenvalue weighted by Crippen LogP contribution is 2.30. The third-order valence-corrected chi connectivity index (χ3v) is 3.24. The fraction of sp³-hybridized carbons (Fsp3) is 0. The average Bonchev–Trinajstić information content (AvgIpc) is 2.47. The number of para-hydroxylation sites is 1. The normalized spacial score (nSPS) is 10.5. The van der Waals surface area contributed by atoms with E-state index in [1.807, 2.05) is 12.1 Å². The minimum absolute atomic E-state index is 0.0633. The Morgan fingerprint density at radius 1 is 1.19 bits per heavy atom. The zero-order valence-corrected chi connectivity index (χ0v) is 12.2. The van der Waals surface area contributed by atoms with E-state index in [9.17, 15) is 4.79 Å². The zero-order valence-electron chi connectivity index (χ0n) is 10.7. The van der Waals surface area contributed by atoms with Crippen molar-refractivity contribution in [3.05, 3.63) is 59.0 Å². The molecule has 0 atom stereocenters. The first-order valence-electron chi connectivity index (χ1n) is 6.05. The van der Waals surface area contributed by atoms with Gasteiger partial charge in [-0.15, -0.1) is 0 Å². The first kappa shape index (κ1) is 13.5. The van der Waals surface area contributed by atoms with E-state index in [-0.39, 0.29) is 5.69 Å². The molecule has 2 heterocycles. The Morgan fingerprint density at radius 3 is 2.76 bits per heavy atom. The van der Waals surface area contributed by atoms with Gasteiger partial charge in [-0.2, -0.15) is 0 Å². The molecule has 0 aliphatic rings. The van der Waals surface area contributed by atoms with E-state index in [0.29, 0.717) is 17.0 Å². The molecule has 104 valence electrons. The SMILES string of the molecule is O=C(O)c1cc(Oc2cncc(Br)c2)c2ccccc2n1. The summed E-state index contributed by atoms with van der Waals surface area (Å²) in [5, 5.41) is 9.88. The molecule has 0 amide bonds. The molecule has 6 heteroatoms. The van der Waals surface area contributed by atoms with Crippen molar-refractivity contribution in [3.8, 4) is 11.5 Å². The number of nitrogens with zero attached hydrogens (tertiary/aromatic N) is 2. The van der Waals surface area contributed by atoms with Crippen molar-refractivity contribution < 1.29 is 14.6 Å². The van der Waals surface area contributed by atoms with Crippen LogP contribution in [0.25, 0.3) is 10.9 Å². The van der Waals surface area contributed by atoms with Gasteiger partial charge in [0.15, 0.2) is 5.69 Å². The van der Waals surface area contributed by atoms with Crippen LogP contribution in [0, 0.1) is 0 Å². The van der Waals surface area contributed by atoms with Gasteiger partial charge in [-0.05, 0) is 34.1 Å². The van der Waals surface area contributed by atoms with Crippen LogP contribution in [0.3, 0.4) is 0 Å².